The predicted octanol–water partition coefficient (Wildman–Crippen LogP) is 3.66. The summed E-state index contributed by atoms with van der Waals surface area (Å²) >= 11 is 0. The molecule has 34 heavy (non-hydrogen) atoms. The molecule has 1 aromatic heterocycles. The van der Waals surface area contributed by atoms with Crippen LogP contribution in [-0.4, -0.2) is 50.2 Å². The SMILES string of the molecule is CCC(C)N(C(=O)c1ccc([C@@H](C)NC(=O)C2(NC(=O)c3cncnc3)CC2)cc1)C(C)CC. The first-order chi connectivity index (χ1) is 16.2. The van der Waals surface area contributed by atoms with Crippen molar-refractivity contribution < 1.29 is 14.4 Å². The lowest BCUT2D eigenvalue weighted by Gasteiger charge is -2.34. The van der Waals surface area contributed by atoms with Crippen molar-refractivity contribution in [3.8, 4) is 0 Å². The van der Waals surface area contributed by atoms with Gasteiger partial charge in [-0.3, -0.25) is 14.4 Å². The zero-order chi connectivity index (χ0) is 24.9. The van der Waals surface area contributed by atoms with Crippen LogP contribution in [0.1, 0.15) is 92.6 Å². The largest absolute Gasteiger partial charge is 0.348 e. The Kier molecular flexibility index (Phi) is 8.02. The van der Waals surface area contributed by atoms with E-state index in [0.717, 1.165) is 18.4 Å². The quantitative estimate of drug-likeness (QED) is 0.557. The lowest BCUT2D eigenvalue weighted by atomic mass is 10.0. The van der Waals surface area contributed by atoms with Crippen molar-refractivity contribution in [2.24, 2.45) is 0 Å². The highest BCUT2D eigenvalue weighted by Crippen LogP contribution is 2.36. The fourth-order valence-corrected chi connectivity index (χ4v) is 3.95. The number of nitrogens with zero attached hydrogens (tertiary/aromatic N) is 3. The van der Waals surface area contributed by atoms with E-state index in [1.807, 2.05) is 36.1 Å². The van der Waals surface area contributed by atoms with Gasteiger partial charge in [-0.1, -0.05) is 26.0 Å². The molecule has 182 valence electrons. The molecule has 0 aliphatic heterocycles. The maximum atomic E-state index is 13.2. The van der Waals surface area contributed by atoms with Gasteiger partial charge in [-0.25, -0.2) is 9.97 Å². The maximum absolute atomic E-state index is 13.2. The van der Waals surface area contributed by atoms with Gasteiger partial charge in [-0.2, -0.15) is 0 Å². The highest BCUT2D eigenvalue weighted by Gasteiger charge is 2.51. The fraction of sp³-hybridized carbons (Fsp3) is 0.500. The summed E-state index contributed by atoms with van der Waals surface area (Å²) in [6.45, 7) is 10.2. The van der Waals surface area contributed by atoms with Gasteiger partial charge in [-0.05, 0) is 64.2 Å². The summed E-state index contributed by atoms with van der Waals surface area (Å²) in [5.74, 6) is -0.558. The third-order valence-corrected chi connectivity index (χ3v) is 6.73. The van der Waals surface area contributed by atoms with E-state index in [1.165, 1.54) is 18.7 Å². The molecule has 8 heteroatoms. The fourth-order valence-electron chi connectivity index (χ4n) is 3.95. The molecule has 0 saturated heterocycles. The highest BCUT2D eigenvalue weighted by atomic mass is 16.2. The van der Waals surface area contributed by atoms with Gasteiger partial charge >= 0.3 is 0 Å². The average Bonchev–Trinajstić information content (AvgIpc) is 3.64. The van der Waals surface area contributed by atoms with E-state index in [2.05, 4.69) is 48.3 Å². The van der Waals surface area contributed by atoms with E-state index < -0.39 is 5.54 Å². The molecule has 1 fully saturated rings. The Morgan fingerprint density at radius 3 is 2.00 bits per heavy atom. The number of hydrogen-bond donors (Lipinski definition) is 2. The van der Waals surface area contributed by atoms with Crippen LogP contribution in [0.4, 0.5) is 0 Å². The van der Waals surface area contributed by atoms with Crippen molar-refractivity contribution in [2.45, 2.75) is 84.0 Å². The van der Waals surface area contributed by atoms with E-state index in [9.17, 15) is 14.4 Å². The third kappa shape index (κ3) is 5.61. The number of nitrogens with one attached hydrogen (secondary N) is 2. The molecule has 3 atom stereocenters. The minimum absolute atomic E-state index is 0.0245. The lowest BCUT2D eigenvalue weighted by molar-refractivity contribution is -0.124. The van der Waals surface area contributed by atoms with Crippen molar-refractivity contribution in [3.05, 3.63) is 59.7 Å². The zero-order valence-electron chi connectivity index (χ0n) is 20.7. The molecule has 1 aromatic carbocycles. The summed E-state index contributed by atoms with van der Waals surface area (Å²) in [4.78, 5) is 48.2. The molecule has 1 heterocycles. The first-order valence-corrected chi connectivity index (χ1v) is 12.0. The van der Waals surface area contributed by atoms with Crippen LogP contribution in [0.5, 0.6) is 0 Å². The van der Waals surface area contributed by atoms with Crippen molar-refractivity contribution >= 4 is 17.7 Å². The molecular weight excluding hydrogens is 430 g/mol. The standard InChI is InChI=1S/C26H35N5O3/c1-6-17(3)31(18(4)7-2)24(33)21-10-8-20(9-11-21)19(5)29-25(34)26(12-13-26)30-23(32)22-14-27-16-28-15-22/h8-11,14-19H,6-7,12-13H2,1-5H3,(H,29,34)(H,30,32)/t17?,18?,19-/m1/s1. The lowest BCUT2D eigenvalue weighted by Crippen LogP contribution is -2.49. The Hall–Kier alpha value is -3.29. The second-order valence-corrected chi connectivity index (χ2v) is 9.21. The van der Waals surface area contributed by atoms with Gasteiger partial charge in [0.15, 0.2) is 0 Å². The van der Waals surface area contributed by atoms with Crippen LogP contribution in [0.3, 0.4) is 0 Å². The normalized spacial score (nSPS) is 16.6. The van der Waals surface area contributed by atoms with E-state index >= 15 is 0 Å². The number of hydrogen-bond acceptors (Lipinski definition) is 5. The van der Waals surface area contributed by atoms with Crippen LogP contribution in [-0.2, 0) is 4.79 Å². The molecular formula is C26H35N5O3. The zero-order valence-corrected chi connectivity index (χ0v) is 20.7. The number of aromatic nitrogens is 2. The molecule has 1 saturated carbocycles. The van der Waals surface area contributed by atoms with Crippen LogP contribution in [0.2, 0.25) is 0 Å². The van der Waals surface area contributed by atoms with Gasteiger partial charge in [-0.15, -0.1) is 0 Å². The predicted molar refractivity (Wildman–Crippen MR) is 130 cm³/mol. The van der Waals surface area contributed by atoms with Crippen molar-refractivity contribution in [1.82, 2.24) is 25.5 Å². The Bertz CT molecular complexity index is 995. The molecule has 1 aliphatic rings. The molecule has 2 aromatic rings. The summed E-state index contributed by atoms with van der Waals surface area (Å²) < 4.78 is 0. The molecule has 0 bridgehead atoms. The summed E-state index contributed by atoms with van der Waals surface area (Å²) in [6, 6.07) is 7.45. The van der Waals surface area contributed by atoms with Crippen LogP contribution in [0.25, 0.3) is 0 Å². The molecule has 0 spiro atoms. The summed E-state index contributed by atoms with van der Waals surface area (Å²) in [7, 11) is 0. The van der Waals surface area contributed by atoms with Crippen molar-refractivity contribution in [2.75, 3.05) is 0 Å². The van der Waals surface area contributed by atoms with Gasteiger partial charge < -0.3 is 15.5 Å². The number of rotatable bonds is 10. The minimum Gasteiger partial charge on any atom is -0.348 e. The van der Waals surface area contributed by atoms with E-state index in [-0.39, 0.29) is 35.8 Å². The molecule has 2 unspecified atom stereocenters. The van der Waals surface area contributed by atoms with Gasteiger partial charge in [0.05, 0.1) is 11.6 Å². The number of carbonyl (C=O) groups excluding carboxylic acids is 3. The van der Waals surface area contributed by atoms with Gasteiger partial charge in [0.1, 0.15) is 11.9 Å². The summed E-state index contributed by atoms with van der Waals surface area (Å²) in [6.07, 6.45) is 7.15. The number of amides is 3. The molecule has 3 rings (SSSR count). The highest BCUT2D eigenvalue weighted by molar-refractivity contribution is 6.00. The first-order valence-electron chi connectivity index (χ1n) is 12.0. The van der Waals surface area contributed by atoms with Crippen molar-refractivity contribution in [3.63, 3.8) is 0 Å². The smallest absolute Gasteiger partial charge is 0.255 e. The van der Waals surface area contributed by atoms with Gasteiger partial charge in [0.2, 0.25) is 5.91 Å². The molecule has 0 radical (unpaired) electrons. The van der Waals surface area contributed by atoms with Crippen LogP contribution in [0.15, 0.2) is 43.0 Å². The van der Waals surface area contributed by atoms with E-state index in [0.29, 0.717) is 24.0 Å². The second kappa shape index (κ2) is 10.8. The maximum Gasteiger partial charge on any atom is 0.255 e. The van der Waals surface area contributed by atoms with Gasteiger partial charge in [0.25, 0.3) is 11.8 Å². The third-order valence-electron chi connectivity index (χ3n) is 6.73. The Morgan fingerprint density at radius 2 is 1.50 bits per heavy atom. The molecule has 3 amide bonds. The number of carbonyl (C=O) groups is 3. The van der Waals surface area contributed by atoms with E-state index in [1.54, 1.807) is 0 Å². The monoisotopic (exact) mass is 465 g/mol. The number of benzene rings is 1. The summed E-state index contributed by atoms with van der Waals surface area (Å²) in [5, 5.41) is 5.83. The Labute approximate surface area is 201 Å². The molecule has 8 nitrogen and oxygen atoms in total. The molecule has 2 N–H and O–H groups in total. The second-order valence-electron chi connectivity index (χ2n) is 9.21. The first kappa shape index (κ1) is 25.3. The Morgan fingerprint density at radius 1 is 0.941 bits per heavy atom. The Balaban J connectivity index is 1.64. The van der Waals surface area contributed by atoms with Crippen molar-refractivity contribution in [1.29, 1.82) is 0 Å². The van der Waals surface area contributed by atoms with Crippen LogP contribution < -0.4 is 10.6 Å². The average molecular weight is 466 g/mol. The van der Waals surface area contributed by atoms with E-state index in [4.69, 9.17) is 0 Å². The molecule has 1 aliphatic carbocycles. The topological polar surface area (TPSA) is 104 Å². The van der Waals surface area contributed by atoms with Gasteiger partial charge in [0, 0.05) is 30.0 Å². The minimum atomic E-state index is -0.899. The summed E-state index contributed by atoms with van der Waals surface area (Å²) in [5.41, 5.74) is 0.948. The van der Waals surface area contributed by atoms with Crippen LogP contribution >= 0.6 is 0 Å². The van der Waals surface area contributed by atoms with Crippen LogP contribution in [0, 0.1) is 0 Å².